The number of rotatable bonds is 7. The fraction of sp³-hybridized carbons (Fsp3) is 0.355. The highest BCUT2D eigenvalue weighted by atomic mass is 19.4. The Morgan fingerprint density at radius 3 is 1.95 bits per heavy atom. The number of urea groups is 1. The number of halogens is 6. The molecule has 1 aliphatic rings. The van der Waals surface area contributed by atoms with Crippen LogP contribution in [-0.4, -0.2) is 31.1 Å². The van der Waals surface area contributed by atoms with Crippen molar-refractivity contribution >= 4 is 29.0 Å². The normalized spacial score (nSPS) is 14.5. The van der Waals surface area contributed by atoms with Gasteiger partial charge in [-0.25, -0.2) is 4.79 Å². The van der Waals surface area contributed by atoms with Crippen LogP contribution in [0.4, 0.5) is 48.2 Å². The summed E-state index contributed by atoms with van der Waals surface area (Å²) in [5, 5.41) is 7.28. The van der Waals surface area contributed by atoms with Gasteiger partial charge in [-0.15, -0.1) is 0 Å². The largest absolute Gasteiger partial charge is 0.416 e. The van der Waals surface area contributed by atoms with E-state index in [1.165, 1.54) is 17.7 Å². The number of piperidine rings is 1. The lowest BCUT2D eigenvalue weighted by atomic mass is 9.89. The molecule has 0 spiro atoms. The number of benzene rings is 3. The SMILES string of the molecule is CC(C)NC(=O)c1cc(NC(=O)Nc2cc(C(F)(F)F)cc(C(F)(F)F)c2)ccc1N1CCC(Cc2ccccc2)CC1. The molecule has 0 bridgehead atoms. The minimum Gasteiger partial charge on any atom is -0.371 e. The summed E-state index contributed by atoms with van der Waals surface area (Å²) in [6, 6.07) is 14.4. The fourth-order valence-corrected chi connectivity index (χ4v) is 5.06. The first kappa shape index (κ1) is 31.7. The van der Waals surface area contributed by atoms with Gasteiger partial charge in [-0.05, 0) is 81.0 Å². The summed E-state index contributed by atoms with van der Waals surface area (Å²) in [6.07, 6.45) is -7.32. The van der Waals surface area contributed by atoms with Crippen LogP contribution in [0.25, 0.3) is 0 Å². The standard InChI is InChI=1S/C31H32F6N4O2/c1-19(2)38-28(42)26-18-24(8-9-27(26)41-12-10-21(11-13-41)14-20-6-4-3-5-7-20)39-29(43)40-25-16-22(30(32,33)34)15-23(17-25)31(35,36)37/h3-9,15-19,21H,10-14H2,1-2H3,(H,38,42)(H2,39,40,43). The van der Waals surface area contributed by atoms with Crippen molar-refractivity contribution in [2.45, 2.75) is 51.5 Å². The highest BCUT2D eigenvalue weighted by Crippen LogP contribution is 2.38. The van der Waals surface area contributed by atoms with Crippen LogP contribution in [-0.2, 0) is 18.8 Å². The monoisotopic (exact) mass is 606 g/mol. The molecule has 0 radical (unpaired) electrons. The number of amides is 3. The second-order valence-electron chi connectivity index (χ2n) is 10.9. The smallest absolute Gasteiger partial charge is 0.371 e. The molecule has 1 saturated heterocycles. The Bertz CT molecular complexity index is 1400. The molecule has 0 unspecified atom stereocenters. The molecular weight excluding hydrogens is 574 g/mol. The fourth-order valence-electron chi connectivity index (χ4n) is 5.06. The van der Waals surface area contributed by atoms with E-state index in [1.54, 1.807) is 19.9 Å². The van der Waals surface area contributed by atoms with E-state index in [0.29, 0.717) is 36.8 Å². The Morgan fingerprint density at radius 2 is 1.40 bits per heavy atom. The van der Waals surface area contributed by atoms with Crippen molar-refractivity contribution < 1.29 is 35.9 Å². The van der Waals surface area contributed by atoms with Gasteiger partial charge in [0.15, 0.2) is 0 Å². The van der Waals surface area contributed by atoms with Crippen molar-refractivity contribution in [3.63, 3.8) is 0 Å². The van der Waals surface area contributed by atoms with E-state index in [4.69, 9.17) is 0 Å². The zero-order chi connectivity index (χ0) is 31.4. The molecule has 3 aromatic carbocycles. The average molecular weight is 607 g/mol. The van der Waals surface area contributed by atoms with E-state index < -0.39 is 35.2 Å². The molecule has 3 N–H and O–H groups in total. The van der Waals surface area contributed by atoms with Crippen molar-refractivity contribution in [2.24, 2.45) is 5.92 Å². The lowest BCUT2D eigenvalue weighted by Crippen LogP contribution is -2.37. The maximum atomic E-state index is 13.2. The van der Waals surface area contributed by atoms with E-state index >= 15 is 0 Å². The Kier molecular flexibility index (Phi) is 9.56. The number of anilines is 3. The van der Waals surface area contributed by atoms with Gasteiger partial charge in [0.25, 0.3) is 5.91 Å². The van der Waals surface area contributed by atoms with Gasteiger partial charge in [0.2, 0.25) is 0 Å². The predicted molar refractivity (Wildman–Crippen MR) is 153 cm³/mol. The predicted octanol–water partition coefficient (Wildman–Crippen LogP) is 7.97. The molecule has 3 aromatic rings. The summed E-state index contributed by atoms with van der Waals surface area (Å²) in [5.41, 5.74) is -1.44. The molecule has 12 heteroatoms. The summed E-state index contributed by atoms with van der Waals surface area (Å²) in [7, 11) is 0. The average Bonchev–Trinajstić information content (AvgIpc) is 2.92. The lowest BCUT2D eigenvalue weighted by Gasteiger charge is -2.35. The van der Waals surface area contributed by atoms with Crippen LogP contribution >= 0.6 is 0 Å². The molecule has 230 valence electrons. The third kappa shape index (κ3) is 8.65. The van der Waals surface area contributed by atoms with Gasteiger partial charge in [0.1, 0.15) is 0 Å². The highest BCUT2D eigenvalue weighted by molar-refractivity contribution is 6.04. The van der Waals surface area contributed by atoms with Gasteiger partial charge >= 0.3 is 18.4 Å². The molecule has 0 saturated carbocycles. The quantitative estimate of drug-likeness (QED) is 0.239. The van der Waals surface area contributed by atoms with E-state index in [1.807, 2.05) is 23.5 Å². The number of hydrogen-bond acceptors (Lipinski definition) is 3. The van der Waals surface area contributed by atoms with Gasteiger partial charge in [0, 0.05) is 36.2 Å². The number of nitrogens with zero attached hydrogens (tertiary/aromatic N) is 1. The Morgan fingerprint density at radius 1 is 0.814 bits per heavy atom. The minimum absolute atomic E-state index is 0.0219. The summed E-state index contributed by atoms with van der Waals surface area (Å²) in [6.45, 7) is 5.02. The molecule has 0 aliphatic carbocycles. The van der Waals surface area contributed by atoms with E-state index in [2.05, 4.69) is 27.7 Å². The zero-order valence-corrected chi connectivity index (χ0v) is 23.6. The molecular formula is C31H32F6N4O2. The Hall–Kier alpha value is -4.22. The minimum atomic E-state index is -5.06. The van der Waals surface area contributed by atoms with Gasteiger partial charge in [-0.2, -0.15) is 26.3 Å². The van der Waals surface area contributed by atoms with Crippen LogP contribution in [0.3, 0.4) is 0 Å². The summed E-state index contributed by atoms with van der Waals surface area (Å²) in [4.78, 5) is 27.9. The summed E-state index contributed by atoms with van der Waals surface area (Å²) in [5.74, 6) is 0.109. The summed E-state index contributed by atoms with van der Waals surface area (Å²) >= 11 is 0. The molecule has 1 aliphatic heterocycles. The third-order valence-corrected chi connectivity index (χ3v) is 7.09. The Balaban J connectivity index is 1.51. The maximum Gasteiger partial charge on any atom is 0.416 e. The second-order valence-corrected chi connectivity index (χ2v) is 10.9. The topological polar surface area (TPSA) is 73.5 Å². The van der Waals surface area contributed by atoms with E-state index in [-0.39, 0.29) is 29.3 Å². The molecule has 3 amide bonds. The van der Waals surface area contributed by atoms with Crippen LogP contribution in [0, 0.1) is 5.92 Å². The number of carbonyl (C=O) groups is 2. The van der Waals surface area contributed by atoms with Gasteiger partial charge in [-0.1, -0.05) is 30.3 Å². The van der Waals surface area contributed by atoms with E-state index in [0.717, 1.165) is 19.3 Å². The summed E-state index contributed by atoms with van der Waals surface area (Å²) < 4.78 is 79.2. The lowest BCUT2D eigenvalue weighted by molar-refractivity contribution is -0.143. The first-order valence-electron chi connectivity index (χ1n) is 13.8. The maximum absolute atomic E-state index is 13.2. The first-order valence-corrected chi connectivity index (χ1v) is 13.8. The number of alkyl halides is 6. The second kappa shape index (κ2) is 13.0. The van der Waals surface area contributed by atoms with Crippen LogP contribution in [0.2, 0.25) is 0 Å². The third-order valence-electron chi connectivity index (χ3n) is 7.09. The molecule has 0 aromatic heterocycles. The molecule has 1 fully saturated rings. The van der Waals surface area contributed by atoms with Crippen LogP contribution < -0.4 is 20.9 Å². The number of hydrogen-bond donors (Lipinski definition) is 3. The van der Waals surface area contributed by atoms with Crippen molar-refractivity contribution in [2.75, 3.05) is 28.6 Å². The molecule has 6 nitrogen and oxygen atoms in total. The van der Waals surface area contributed by atoms with Crippen molar-refractivity contribution in [1.82, 2.24) is 5.32 Å². The zero-order valence-electron chi connectivity index (χ0n) is 23.6. The number of nitrogens with one attached hydrogen (secondary N) is 3. The van der Waals surface area contributed by atoms with Crippen LogP contribution in [0.5, 0.6) is 0 Å². The van der Waals surface area contributed by atoms with Crippen molar-refractivity contribution in [3.8, 4) is 0 Å². The van der Waals surface area contributed by atoms with Gasteiger partial charge < -0.3 is 20.9 Å². The molecule has 1 heterocycles. The van der Waals surface area contributed by atoms with Crippen molar-refractivity contribution in [3.05, 3.63) is 89.0 Å². The number of carbonyl (C=O) groups excluding carboxylic acids is 2. The van der Waals surface area contributed by atoms with Gasteiger partial charge in [-0.3, -0.25) is 4.79 Å². The Labute approximate surface area is 245 Å². The van der Waals surface area contributed by atoms with Crippen molar-refractivity contribution in [1.29, 1.82) is 0 Å². The first-order chi connectivity index (χ1) is 20.2. The van der Waals surface area contributed by atoms with Crippen LogP contribution in [0.1, 0.15) is 53.7 Å². The van der Waals surface area contributed by atoms with Gasteiger partial charge in [0.05, 0.1) is 16.7 Å². The molecule has 43 heavy (non-hydrogen) atoms. The molecule has 4 rings (SSSR count). The van der Waals surface area contributed by atoms with Crippen LogP contribution in [0.15, 0.2) is 66.7 Å². The highest BCUT2D eigenvalue weighted by Gasteiger charge is 2.37. The van der Waals surface area contributed by atoms with E-state index in [9.17, 15) is 35.9 Å². The molecule has 0 atom stereocenters.